The summed E-state index contributed by atoms with van der Waals surface area (Å²) in [6, 6.07) is 16.9. The molecule has 1 aliphatic heterocycles. The van der Waals surface area contributed by atoms with Crippen molar-refractivity contribution in [2.45, 2.75) is 30.8 Å². The first-order valence-electron chi connectivity index (χ1n) is 8.01. The minimum atomic E-state index is -0.381. The summed E-state index contributed by atoms with van der Waals surface area (Å²) in [4.78, 5) is 3.66. The van der Waals surface area contributed by atoms with E-state index >= 15 is 0 Å². The van der Waals surface area contributed by atoms with Crippen LogP contribution >= 0.6 is 11.8 Å². The zero-order valence-corrected chi connectivity index (χ0v) is 13.9. The van der Waals surface area contributed by atoms with Gasteiger partial charge in [-0.25, -0.2) is 0 Å². The fourth-order valence-corrected chi connectivity index (χ4v) is 3.70. The van der Waals surface area contributed by atoms with Crippen LogP contribution in [0.1, 0.15) is 30.6 Å². The summed E-state index contributed by atoms with van der Waals surface area (Å²) in [7, 11) is 0. The van der Waals surface area contributed by atoms with Gasteiger partial charge in [-0.3, -0.25) is 0 Å². The Hall–Kier alpha value is -1.45. The zero-order chi connectivity index (χ0) is 15.4. The van der Waals surface area contributed by atoms with E-state index < -0.39 is 0 Å². The van der Waals surface area contributed by atoms with Crippen LogP contribution in [0, 0.1) is 0 Å². The van der Waals surface area contributed by atoms with Crippen molar-refractivity contribution < 1.29 is 5.11 Å². The lowest BCUT2D eigenvalue weighted by molar-refractivity contribution is 0.169. The summed E-state index contributed by atoms with van der Waals surface area (Å²) >= 11 is 1.83. The Morgan fingerprint density at radius 1 is 1.14 bits per heavy atom. The average molecular weight is 313 g/mol. The molecular weight excluding hydrogens is 290 g/mol. The van der Waals surface area contributed by atoms with E-state index in [0.29, 0.717) is 0 Å². The molecule has 2 nitrogen and oxygen atoms in total. The van der Waals surface area contributed by atoms with Crippen LogP contribution in [0.15, 0.2) is 53.4 Å². The lowest BCUT2D eigenvalue weighted by Gasteiger charge is -2.21. The van der Waals surface area contributed by atoms with Crippen LogP contribution in [0.3, 0.4) is 0 Å². The third kappa shape index (κ3) is 3.47. The van der Waals surface area contributed by atoms with Crippen molar-refractivity contribution in [3.63, 3.8) is 0 Å². The molecule has 0 amide bonds. The van der Waals surface area contributed by atoms with Gasteiger partial charge in [0.05, 0.1) is 6.10 Å². The van der Waals surface area contributed by atoms with Gasteiger partial charge in [0.15, 0.2) is 0 Å². The number of fused-ring (bicyclic) bond motifs is 1. The van der Waals surface area contributed by atoms with Crippen molar-refractivity contribution in [1.82, 2.24) is 0 Å². The quantitative estimate of drug-likeness (QED) is 0.805. The van der Waals surface area contributed by atoms with Crippen molar-refractivity contribution in [3.8, 4) is 0 Å². The SMILES string of the molecule is CCSc1ccc(C(O)CCN2CCc3ccccc32)cc1. The molecule has 1 N–H and O–H groups in total. The van der Waals surface area contributed by atoms with Gasteiger partial charge in [0.2, 0.25) is 0 Å². The number of rotatable bonds is 6. The maximum atomic E-state index is 10.4. The van der Waals surface area contributed by atoms with Crippen molar-refractivity contribution in [3.05, 3.63) is 59.7 Å². The van der Waals surface area contributed by atoms with Crippen LogP contribution in [-0.4, -0.2) is 23.9 Å². The highest BCUT2D eigenvalue weighted by molar-refractivity contribution is 7.99. The van der Waals surface area contributed by atoms with E-state index in [9.17, 15) is 5.11 Å². The van der Waals surface area contributed by atoms with Gasteiger partial charge in [-0.15, -0.1) is 11.8 Å². The molecule has 0 bridgehead atoms. The molecule has 1 aliphatic rings. The maximum absolute atomic E-state index is 10.4. The predicted molar refractivity (Wildman–Crippen MR) is 94.8 cm³/mol. The standard InChI is InChI=1S/C19H23NOS/c1-2-22-17-9-7-16(8-10-17)19(21)12-14-20-13-11-15-5-3-4-6-18(15)20/h3-10,19,21H,2,11-14H2,1H3. The largest absolute Gasteiger partial charge is 0.388 e. The molecule has 0 saturated carbocycles. The van der Waals surface area contributed by atoms with E-state index in [1.165, 1.54) is 16.1 Å². The number of aliphatic hydroxyl groups excluding tert-OH is 1. The van der Waals surface area contributed by atoms with Crippen molar-refractivity contribution in [1.29, 1.82) is 0 Å². The van der Waals surface area contributed by atoms with Gasteiger partial charge < -0.3 is 10.0 Å². The maximum Gasteiger partial charge on any atom is 0.0806 e. The molecule has 1 atom stereocenters. The third-order valence-electron chi connectivity index (χ3n) is 4.23. The number of anilines is 1. The van der Waals surface area contributed by atoms with Gasteiger partial charge in [-0.2, -0.15) is 0 Å². The predicted octanol–water partition coefficient (Wildman–Crippen LogP) is 4.28. The second-order valence-corrected chi connectivity index (χ2v) is 7.01. The summed E-state index contributed by atoms with van der Waals surface area (Å²) in [6.07, 6.45) is 1.51. The molecule has 3 rings (SSSR count). The number of nitrogens with zero attached hydrogens (tertiary/aromatic N) is 1. The fraction of sp³-hybridized carbons (Fsp3) is 0.368. The lowest BCUT2D eigenvalue weighted by Crippen LogP contribution is -2.23. The molecule has 3 heteroatoms. The smallest absolute Gasteiger partial charge is 0.0806 e. The highest BCUT2D eigenvalue weighted by Gasteiger charge is 2.19. The first kappa shape index (κ1) is 15.4. The van der Waals surface area contributed by atoms with E-state index in [1.807, 2.05) is 11.8 Å². The number of thioether (sulfide) groups is 1. The summed E-state index contributed by atoms with van der Waals surface area (Å²) in [5.74, 6) is 1.08. The summed E-state index contributed by atoms with van der Waals surface area (Å²) in [5.41, 5.74) is 3.79. The summed E-state index contributed by atoms with van der Waals surface area (Å²) in [6.45, 7) is 4.13. The summed E-state index contributed by atoms with van der Waals surface area (Å²) in [5, 5.41) is 10.4. The van der Waals surface area contributed by atoms with Gasteiger partial charge in [0, 0.05) is 23.7 Å². The minimum absolute atomic E-state index is 0.381. The van der Waals surface area contributed by atoms with Gasteiger partial charge in [-0.05, 0) is 47.9 Å². The molecule has 1 unspecified atom stereocenters. The second-order valence-electron chi connectivity index (χ2n) is 5.67. The van der Waals surface area contributed by atoms with E-state index in [0.717, 1.165) is 37.2 Å². The Bertz CT molecular complexity index is 611. The zero-order valence-electron chi connectivity index (χ0n) is 13.0. The molecule has 0 radical (unpaired) electrons. The Labute approximate surface area is 137 Å². The first-order chi connectivity index (χ1) is 10.8. The normalized spacial score (nSPS) is 14.9. The average Bonchev–Trinajstić information content (AvgIpc) is 2.97. The second kappa shape index (κ2) is 7.21. The first-order valence-corrected chi connectivity index (χ1v) is 9.00. The molecule has 1 heterocycles. The number of para-hydroxylation sites is 1. The number of hydrogen-bond donors (Lipinski definition) is 1. The molecule has 0 aliphatic carbocycles. The lowest BCUT2D eigenvalue weighted by atomic mass is 10.1. The van der Waals surface area contributed by atoms with Crippen LogP contribution in [0.4, 0.5) is 5.69 Å². The van der Waals surface area contributed by atoms with Crippen LogP contribution in [0.5, 0.6) is 0 Å². The monoisotopic (exact) mass is 313 g/mol. The molecular formula is C19H23NOS. The number of hydrogen-bond acceptors (Lipinski definition) is 3. The highest BCUT2D eigenvalue weighted by atomic mass is 32.2. The van der Waals surface area contributed by atoms with E-state index in [1.54, 1.807) is 0 Å². The number of aliphatic hydroxyl groups is 1. The van der Waals surface area contributed by atoms with Gasteiger partial charge in [-0.1, -0.05) is 37.3 Å². The minimum Gasteiger partial charge on any atom is -0.388 e. The Balaban J connectivity index is 1.57. The molecule has 0 saturated heterocycles. The van der Waals surface area contributed by atoms with Crippen LogP contribution < -0.4 is 4.90 Å². The molecule has 0 spiro atoms. The Morgan fingerprint density at radius 2 is 1.91 bits per heavy atom. The van der Waals surface area contributed by atoms with Crippen molar-refractivity contribution >= 4 is 17.4 Å². The van der Waals surface area contributed by atoms with Crippen LogP contribution in [0.2, 0.25) is 0 Å². The van der Waals surface area contributed by atoms with E-state index in [2.05, 4.69) is 60.4 Å². The molecule has 22 heavy (non-hydrogen) atoms. The van der Waals surface area contributed by atoms with Gasteiger partial charge in [0.25, 0.3) is 0 Å². The number of benzene rings is 2. The van der Waals surface area contributed by atoms with Crippen LogP contribution in [0.25, 0.3) is 0 Å². The van der Waals surface area contributed by atoms with Crippen molar-refractivity contribution in [2.24, 2.45) is 0 Å². The fourth-order valence-electron chi connectivity index (χ4n) is 3.04. The Kier molecular flexibility index (Phi) is 5.06. The molecule has 0 fully saturated rings. The van der Waals surface area contributed by atoms with Gasteiger partial charge in [0.1, 0.15) is 0 Å². The van der Waals surface area contributed by atoms with Crippen molar-refractivity contribution in [2.75, 3.05) is 23.7 Å². The van der Waals surface area contributed by atoms with Crippen LogP contribution in [-0.2, 0) is 6.42 Å². The molecule has 2 aromatic rings. The third-order valence-corrected chi connectivity index (χ3v) is 5.13. The van der Waals surface area contributed by atoms with Gasteiger partial charge >= 0.3 is 0 Å². The van der Waals surface area contributed by atoms with E-state index in [4.69, 9.17) is 0 Å². The molecule has 0 aromatic heterocycles. The Morgan fingerprint density at radius 3 is 2.68 bits per heavy atom. The topological polar surface area (TPSA) is 23.5 Å². The molecule has 116 valence electrons. The highest BCUT2D eigenvalue weighted by Crippen LogP contribution is 2.29. The summed E-state index contributed by atoms with van der Waals surface area (Å²) < 4.78 is 0. The molecule has 2 aromatic carbocycles. The van der Waals surface area contributed by atoms with E-state index in [-0.39, 0.29) is 6.10 Å².